The molecule has 1 aromatic rings. The number of hydrogen-bond acceptors (Lipinski definition) is 2. The molecule has 3 heteroatoms. The smallest absolute Gasteiger partial charge is 0.165 e. The molecule has 0 heterocycles. The van der Waals surface area contributed by atoms with Gasteiger partial charge in [-0.15, -0.1) is 0 Å². The minimum Gasteiger partial charge on any atom is -0.487 e. The van der Waals surface area contributed by atoms with Crippen LogP contribution in [0.4, 0.5) is 4.39 Å². The van der Waals surface area contributed by atoms with E-state index in [1.165, 1.54) is 6.07 Å². The lowest BCUT2D eigenvalue weighted by Gasteiger charge is -2.34. The number of benzene rings is 1. The summed E-state index contributed by atoms with van der Waals surface area (Å²) < 4.78 is 19.3. The number of carbonyl (C=O) groups excluding carboxylic acids is 1. The van der Waals surface area contributed by atoms with E-state index in [0.717, 1.165) is 25.7 Å². The lowest BCUT2D eigenvalue weighted by atomic mass is 9.76. The number of ether oxygens (including phenoxy) is 1. The first-order valence-corrected chi connectivity index (χ1v) is 6.41. The minimum atomic E-state index is -0.454. The van der Waals surface area contributed by atoms with Gasteiger partial charge in [0.05, 0.1) is 6.10 Å². The lowest BCUT2D eigenvalue weighted by Crippen LogP contribution is -2.28. The van der Waals surface area contributed by atoms with E-state index in [4.69, 9.17) is 4.74 Å². The molecule has 2 rings (SSSR count). The molecule has 1 saturated carbocycles. The summed E-state index contributed by atoms with van der Waals surface area (Å²) in [6, 6.07) is 4.34. The van der Waals surface area contributed by atoms with Crippen molar-refractivity contribution >= 4 is 6.29 Å². The highest BCUT2D eigenvalue weighted by Gasteiger charge is 2.28. The highest BCUT2D eigenvalue weighted by molar-refractivity contribution is 5.74. The Labute approximate surface area is 107 Å². The first-order chi connectivity index (χ1) is 8.50. The summed E-state index contributed by atoms with van der Waals surface area (Å²) in [5, 5.41) is 0. The van der Waals surface area contributed by atoms with Gasteiger partial charge in [0.15, 0.2) is 11.6 Å². The predicted molar refractivity (Wildman–Crippen MR) is 68.5 cm³/mol. The quantitative estimate of drug-likeness (QED) is 0.758. The van der Waals surface area contributed by atoms with Crippen molar-refractivity contribution in [2.75, 3.05) is 0 Å². The zero-order valence-corrected chi connectivity index (χ0v) is 10.9. The summed E-state index contributed by atoms with van der Waals surface area (Å²) in [4.78, 5) is 10.5. The fourth-order valence-corrected chi connectivity index (χ4v) is 2.36. The van der Waals surface area contributed by atoms with Crippen molar-refractivity contribution < 1.29 is 13.9 Å². The molecule has 98 valence electrons. The average Bonchev–Trinajstić information content (AvgIpc) is 2.34. The second kappa shape index (κ2) is 5.09. The first-order valence-electron chi connectivity index (χ1n) is 6.41. The Kier molecular flexibility index (Phi) is 3.69. The van der Waals surface area contributed by atoms with Gasteiger partial charge in [0.25, 0.3) is 0 Å². The fraction of sp³-hybridized carbons (Fsp3) is 0.533. The maximum absolute atomic E-state index is 13.7. The summed E-state index contributed by atoms with van der Waals surface area (Å²) in [5.74, 6) is -0.199. The number of carbonyl (C=O) groups is 1. The van der Waals surface area contributed by atoms with Crippen LogP contribution in [-0.4, -0.2) is 12.4 Å². The molecule has 1 aromatic carbocycles. The average molecular weight is 250 g/mol. The van der Waals surface area contributed by atoms with E-state index in [1.54, 1.807) is 12.1 Å². The molecule has 0 aromatic heterocycles. The summed E-state index contributed by atoms with van der Waals surface area (Å²) >= 11 is 0. The number of halogens is 1. The zero-order chi connectivity index (χ0) is 13.2. The van der Waals surface area contributed by atoms with Crippen molar-refractivity contribution in [3.05, 3.63) is 29.6 Å². The molecule has 0 spiro atoms. The Balaban J connectivity index is 2.00. The first kappa shape index (κ1) is 13.1. The molecule has 0 amide bonds. The van der Waals surface area contributed by atoms with E-state index in [-0.39, 0.29) is 11.9 Å². The topological polar surface area (TPSA) is 26.3 Å². The molecule has 0 unspecified atom stereocenters. The maximum Gasteiger partial charge on any atom is 0.165 e. The van der Waals surface area contributed by atoms with Gasteiger partial charge in [-0.05, 0) is 49.3 Å². The van der Waals surface area contributed by atoms with Crippen molar-refractivity contribution in [3.63, 3.8) is 0 Å². The van der Waals surface area contributed by atoms with E-state index >= 15 is 0 Å². The monoisotopic (exact) mass is 250 g/mol. The Morgan fingerprint density at radius 1 is 1.33 bits per heavy atom. The van der Waals surface area contributed by atoms with Crippen LogP contribution in [0.25, 0.3) is 0 Å². The van der Waals surface area contributed by atoms with Gasteiger partial charge < -0.3 is 4.74 Å². The molecule has 1 aliphatic carbocycles. The molecule has 0 radical (unpaired) electrons. The van der Waals surface area contributed by atoms with Crippen molar-refractivity contribution in [2.45, 2.75) is 45.6 Å². The molecular weight excluding hydrogens is 231 g/mol. The summed E-state index contributed by atoms with van der Waals surface area (Å²) in [6.07, 6.45) is 4.85. The highest BCUT2D eigenvalue weighted by atomic mass is 19.1. The molecule has 2 nitrogen and oxygen atoms in total. The third-order valence-corrected chi connectivity index (χ3v) is 3.67. The molecule has 0 N–H and O–H groups in total. The maximum atomic E-state index is 13.7. The van der Waals surface area contributed by atoms with Gasteiger partial charge in [0, 0.05) is 5.56 Å². The largest absolute Gasteiger partial charge is 0.487 e. The van der Waals surface area contributed by atoms with Crippen LogP contribution in [0, 0.1) is 11.2 Å². The predicted octanol–water partition coefficient (Wildman–Crippen LogP) is 3.99. The molecule has 0 saturated heterocycles. The van der Waals surface area contributed by atoms with Crippen LogP contribution < -0.4 is 4.74 Å². The molecule has 0 atom stereocenters. The normalized spacial score (nSPS) is 19.5. The van der Waals surface area contributed by atoms with Crippen LogP contribution in [0.3, 0.4) is 0 Å². The second-order valence-corrected chi connectivity index (χ2v) is 5.79. The van der Waals surface area contributed by atoms with Gasteiger partial charge in [-0.25, -0.2) is 4.39 Å². The Morgan fingerprint density at radius 2 is 2.00 bits per heavy atom. The lowest BCUT2D eigenvalue weighted by molar-refractivity contribution is 0.0952. The Hall–Kier alpha value is -1.38. The van der Waals surface area contributed by atoms with E-state index < -0.39 is 5.82 Å². The van der Waals surface area contributed by atoms with Crippen molar-refractivity contribution in [1.29, 1.82) is 0 Å². The van der Waals surface area contributed by atoms with Gasteiger partial charge in [-0.1, -0.05) is 13.8 Å². The molecule has 1 fully saturated rings. The molecule has 0 aliphatic heterocycles. The zero-order valence-electron chi connectivity index (χ0n) is 10.9. The number of aldehydes is 1. The minimum absolute atomic E-state index is 0.0922. The van der Waals surface area contributed by atoms with Gasteiger partial charge in [-0.3, -0.25) is 4.79 Å². The molecule has 0 bridgehead atoms. The van der Waals surface area contributed by atoms with Crippen LogP contribution in [0.2, 0.25) is 0 Å². The van der Waals surface area contributed by atoms with Crippen LogP contribution in [0.15, 0.2) is 18.2 Å². The Bertz CT molecular complexity index is 430. The number of rotatable bonds is 3. The SMILES string of the molecule is CC1(C)CCC(Oc2ccc(C=O)cc2F)CC1. The van der Waals surface area contributed by atoms with Crippen molar-refractivity contribution in [1.82, 2.24) is 0 Å². The van der Waals surface area contributed by atoms with Crippen LogP contribution in [0.5, 0.6) is 5.75 Å². The van der Waals surface area contributed by atoms with Crippen molar-refractivity contribution in [2.24, 2.45) is 5.41 Å². The van der Waals surface area contributed by atoms with E-state index in [1.807, 2.05) is 0 Å². The van der Waals surface area contributed by atoms with Crippen molar-refractivity contribution in [3.8, 4) is 5.75 Å². The van der Waals surface area contributed by atoms with E-state index in [9.17, 15) is 9.18 Å². The van der Waals surface area contributed by atoms with E-state index in [0.29, 0.717) is 17.3 Å². The second-order valence-electron chi connectivity index (χ2n) is 5.79. The molecular formula is C15H19FO2. The van der Waals surface area contributed by atoms with E-state index in [2.05, 4.69) is 13.8 Å². The summed E-state index contributed by atoms with van der Waals surface area (Å²) in [7, 11) is 0. The van der Waals surface area contributed by atoms with Gasteiger partial charge in [0.2, 0.25) is 0 Å². The van der Waals surface area contributed by atoms with Crippen LogP contribution >= 0.6 is 0 Å². The van der Waals surface area contributed by atoms with Crippen LogP contribution in [-0.2, 0) is 0 Å². The molecule has 1 aliphatic rings. The standard InChI is InChI=1S/C15H19FO2/c1-15(2)7-5-12(6-8-15)18-14-4-3-11(10-17)9-13(14)16/h3-4,9-10,12H,5-8H2,1-2H3. The third kappa shape index (κ3) is 3.09. The van der Waals surface area contributed by atoms with Crippen LogP contribution in [0.1, 0.15) is 49.9 Å². The molecule has 18 heavy (non-hydrogen) atoms. The van der Waals surface area contributed by atoms with Gasteiger partial charge in [0.1, 0.15) is 6.29 Å². The van der Waals surface area contributed by atoms with Gasteiger partial charge >= 0.3 is 0 Å². The van der Waals surface area contributed by atoms with Gasteiger partial charge in [-0.2, -0.15) is 0 Å². The Morgan fingerprint density at radius 3 is 2.56 bits per heavy atom. The highest BCUT2D eigenvalue weighted by Crippen LogP contribution is 2.36. The third-order valence-electron chi connectivity index (χ3n) is 3.67. The summed E-state index contributed by atoms with van der Waals surface area (Å²) in [5.41, 5.74) is 0.712. The number of hydrogen-bond donors (Lipinski definition) is 0. The summed E-state index contributed by atoms with van der Waals surface area (Å²) in [6.45, 7) is 4.51. The fourth-order valence-electron chi connectivity index (χ4n) is 2.36.